The van der Waals surface area contributed by atoms with Crippen LogP contribution in [0.25, 0.3) is 0 Å². The first-order valence-corrected chi connectivity index (χ1v) is 6.35. The monoisotopic (exact) mass is 289 g/mol. The number of benzene rings is 1. The number of hydrogen-bond acceptors (Lipinski definition) is 6. The number of aliphatic hydroxyl groups excluding tert-OH is 1. The molecule has 0 aliphatic heterocycles. The molecule has 7 heteroatoms. The zero-order chi connectivity index (χ0) is 15.2. The summed E-state index contributed by atoms with van der Waals surface area (Å²) in [5.41, 5.74) is 0.698. The Labute approximate surface area is 121 Å². The Kier molecular flexibility index (Phi) is 4.68. The third-order valence-corrected chi connectivity index (χ3v) is 2.82. The van der Waals surface area contributed by atoms with Crippen LogP contribution in [0.4, 0.5) is 11.5 Å². The molecule has 2 rings (SSSR count). The van der Waals surface area contributed by atoms with Crippen molar-refractivity contribution >= 4 is 11.5 Å². The molecule has 2 N–H and O–H groups in total. The summed E-state index contributed by atoms with van der Waals surface area (Å²) in [5, 5.41) is 22.7. The number of pyridine rings is 1. The van der Waals surface area contributed by atoms with E-state index in [2.05, 4.69) is 10.3 Å². The van der Waals surface area contributed by atoms with E-state index in [1.54, 1.807) is 19.2 Å². The molecule has 0 spiro atoms. The Morgan fingerprint density at radius 3 is 2.81 bits per heavy atom. The number of nitro groups is 1. The number of para-hydroxylation sites is 1. The lowest BCUT2D eigenvalue weighted by Gasteiger charge is -2.10. The van der Waals surface area contributed by atoms with Crippen LogP contribution in [0.5, 0.6) is 11.6 Å². The second-order valence-electron chi connectivity index (χ2n) is 4.24. The van der Waals surface area contributed by atoms with Gasteiger partial charge in [0.25, 0.3) is 5.69 Å². The maximum absolute atomic E-state index is 10.9. The van der Waals surface area contributed by atoms with Crippen molar-refractivity contribution in [3.8, 4) is 11.6 Å². The molecule has 0 bridgehead atoms. The highest BCUT2D eigenvalue weighted by Crippen LogP contribution is 2.28. The van der Waals surface area contributed by atoms with Crippen LogP contribution in [-0.2, 0) is 6.42 Å². The number of nitrogens with one attached hydrogen (secondary N) is 1. The van der Waals surface area contributed by atoms with Gasteiger partial charge in [-0.15, -0.1) is 0 Å². The minimum atomic E-state index is -0.505. The van der Waals surface area contributed by atoms with Crippen LogP contribution in [-0.4, -0.2) is 28.7 Å². The van der Waals surface area contributed by atoms with E-state index in [1.165, 1.54) is 12.1 Å². The first kappa shape index (κ1) is 14.7. The highest BCUT2D eigenvalue weighted by Gasteiger charge is 2.13. The molecule has 0 saturated carbocycles. The molecule has 0 saturated heterocycles. The summed E-state index contributed by atoms with van der Waals surface area (Å²) in [7, 11) is 1.62. The maximum atomic E-state index is 10.9. The SMILES string of the molecule is CNc1cc([N+](=O)[O-])cc(Oc2ccccc2CCO)n1. The number of rotatable bonds is 6. The van der Waals surface area contributed by atoms with Crippen molar-refractivity contribution in [3.63, 3.8) is 0 Å². The Hall–Kier alpha value is -2.67. The van der Waals surface area contributed by atoms with Gasteiger partial charge in [-0.2, -0.15) is 4.98 Å². The van der Waals surface area contributed by atoms with Gasteiger partial charge in [0, 0.05) is 13.7 Å². The van der Waals surface area contributed by atoms with Gasteiger partial charge < -0.3 is 15.2 Å². The van der Waals surface area contributed by atoms with E-state index >= 15 is 0 Å². The molecule has 110 valence electrons. The van der Waals surface area contributed by atoms with Crippen molar-refractivity contribution in [2.45, 2.75) is 6.42 Å². The largest absolute Gasteiger partial charge is 0.438 e. The van der Waals surface area contributed by atoms with Crippen LogP contribution in [0.3, 0.4) is 0 Å². The predicted octanol–water partition coefficient (Wildman–Crippen LogP) is 2.36. The normalized spacial score (nSPS) is 10.2. The number of aromatic nitrogens is 1. The molecule has 21 heavy (non-hydrogen) atoms. The summed E-state index contributed by atoms with van der Waals surface area (Å²) in [4.78, 5) is 14.5. The third-order valence-electron chi connectivity index (χ3n) is 2.82. The average Bonchev–Trinajstić information content (AvgIpc) is 2.49. The highest BCUT2D eigenvalue weighted by molar-refractivity contribution is 5.49. The molecule has 0 radical (unpaired) electrons. The molecule has 0 aliphatic carbocycles. The van der Waals surface area contributed by atoms with Crippen LogP contribution in [0.2, 0.25) is 0 Å². The minimum absolute atomic E-state index is 0.00942. The van der Waals surface area contributed by atoms with Crippen molar-refractivity contribution in [1.29, 1.82) is 0 Å². The summed E-state index contributed by atoms with van der Waals surface area (Å²) < 4.78 is 5.63. The van der Waals surface area contributed by atoms with Crippen molar-refractivity contribution in [1.82, 2.24) is 4.98 Å². The van der Waals surface area contributed by atoms with Crippen LogP contribution < -0.4 is 10.1 Å². The van der Waals surface area contributed by atoms with Crippen molar-refractivity contribution in [2.24, 2.45) is 0 Å². The van der Waals surface area contributed by atoms with Gasteiger partial charge in [0.2, 0.25) is 5.88 Å². The predicted molar refractivity (Wildman–Crippen MR) is 77.7 cm³/mol. The number of ether oxygens (including phenoxy) is 1. The number of anilines is 1. The summed E-state index contributed by atoms with van der Waals surface area (Å²) >= 11 is 0. The van der Waals surface area contributed by atoms with Crippen LogP contribution in [0, 0.1) is 10.1 Å². The van der Waals surface area contributed by atoms with E-state index < -0.39 is 4.92 Å². The van der Waals surface area contributed by atoms with Gasteiger partial charge in [-0.3, -0.25) is 10.1 Å². The van der Waals surface area contributed by atoms with Gasteiger partial charge in [-0.1, -0.05) is 18.2 Å². The molecule has 1 aromatic carbocycles. The smallest absolute Gasteiger partial charge is 0.278 e. The Morgan fingerprint density at radius 1 is 1.38 bits per heavy atom. The lowest BCUT2D eigenvalue weighted by molar-refractivity contribution is -0.384. The van der Waals surface area contributed by atoms with Crippen molar-refractivity contribution < 1.29 is 14.8 Å². The highest BCUT2D eigenvalue weighted by atomic mass is 16.6. The van der Waals surface area contributed by atoms with E-state index in [0.717, 1.165) is 5.56 Å². The Bertz CT molecular complexity index is 646. The summed E-state index contributed by atoms with van der Waals surface area (Å²) in [5.74, 6) is 0.986. The first-order valence-electron chi connectivity index (χ1n) is 6.35. The molecule has 2 aromatic rings. The summed E-state index contributed by atoms with van der Waals surface area (Å²) in [6, 6.07) is 9.75. The molecule has 1 heterocycles. The maximum Gasteiger partial charge on any atom is 0.278 e. The molecule has 1 aromatic heterocycles. The number of nitrogens with zero attached hydrogens (tertiary/aromatic N) is 2. The summed E-state index contributed by atoms with van der Waals surface area (Å²) in [6.45, 7) is -0.00942. The van der Waals surface area contributed by atoms with Crippen molar-refractivity contribution in [3.05, 3.63) is 52.1 Å². The fourth-order valence-electron chi connectivity index (χ4n) is 1.82. The van der Waals surface area contributed by atoms with Crippen LogP contribution in [0.15, 0.2) is 36.4 Å². The van der Waals surface area contributed by atoms with E-state index in [9.17, 15) is 10.1 Å². The Morgan fingerprint density at radius 2 is 2.14 bits per heavy atom. The zero-order valence-corrected chi connectivity index (χ0v) is 11.4. The van der Waals surface area contributed by atoms with Crippen LogP contribution >= 0.6 is 0 Å². The average molecular weight is 289 g/mol. The van der Waals surface area contributed by atoms with Gasteiger partial charge in [0.1, 0.15) is 11.6 Å². The fourth-order valence-corrected chi connectivity index (χ4v) is 1.82. The lowest BCUT2D eigenvalue weighted by Crippen LogP contribution is -2.00. The van der Waals surface area contributed by atoms with Gasteiger partial charge >= 0.3 is 0 Å². The number of hydrogen-bond donors (Lipinski definition) is 2. The van der Waals surface area contributed by atoms with Gasteiger partial charge in [-0.05, 0) is 18.1 Å². The second-order valence-corrected chi connectivity index (χ2v) is 4.24. The lowest BCUT2D eigenvalue weighted by atomic mass is 10.1. The molecule has 0 aliphatic rings. The first-order chi connectivity index (χ1) is 10.1. The molecule has 0 amide bonds. The number of aliphatic hydroxyl groups is 1. The molecule has 7 nitrogen and oxygen atoms in total. The Balaban J connectivity index is 2.35. The standard InChI is InChI=1S/C14H15N3O4/c1-15-13-8-11(17(19)20)9-14(16-13)21-12-5-3-2-4-10(12)6-7-18/h2-5,8-9,18H,6-7H2,1H3,(H,15,16). The molecular weight excluding hydrogens is 274 g/mol. The quantitative estimate of drug-likeness (QED) is 0.626. The van der Waals surface area contributed by atoms with E-state index in [4.69, 9.17) is 9.84 Å². The fraction of sp³-hybridized carbons (Fsp3) is 0.214. The van der Waals surface area contributed by atoms with Gasteiger partial charge in [-0.25, -0.2) is 0 Å². The molecule has 0 atom stereocenters. The topological polar surface area (TPSA) is 97.5 Å². The summed E-state index contributed by atoms with van der Waals surface area (Å²) in [6.07, 6.45) is 0.435. The minimum Gasteiger partial charge on any atom is -0.438 e. The molecule has 0 unspecified atom stereocenters. The third kappa shape index (κ3) is 3.67. The van der Waals surface area contributed by atoms with Gasteiger partial charge in [0.05, 0.1) is 17.1 Å². The second kappa shape index (κ2) is 6.67. The van der Waals surface area contributed by atoms with E-state index in [1.807, 2.05) is 12.1 Å². The van der Waals surface area contributed by atoms with Crippen LogP contribution in [0.1, 0.15) is 5.56 Å². The van der Waals surface area contributed by atoms with Crippen molar-refractivity contribution in [2.75, 3.05) is 19.0 Å². The van der Waals surface area contributed by atoms with E-state index in [-0.39, 0.29) is 18.2 Å². The van der Waals surface area contributed by atoms with Gasteiger partial charge in [0.15, 0.2) is 0 Å². The van der Waals surface area contributed by atoms with E-state index in [0.29, 0.717) is 18.0 Å². The zero-order valence-electron chi connectivity index (χ0n) is 11.4. The molecule has 0 fully saturated rings. The molecular formula is C14H15N3O4.